The van der Waals surface area contributed by atoms with E-state index in [1.165, 1.54) is 29.5 Å². The molecule has 0 spiro atoms. The number of hydrogen-bond acceptors (Lipinski definition) is 5. The van der Waals surface area contributed by atoms with Gasteiger partial charge in [0.05, 0.1) is 35.5 Å². The number of hydrazone groups is 1. The molecule has 2 bridgehead atoms. The van der Waals surface area contributed by atoms with Crippen molar-refractivity contribution in [1.82, 2.24) is 15.0 Å². The zero-order valence-corrected chi connectivity index (χ0v) is 16.1. The molecule has 0 saturated heterocycles. The van der Waals surface area contributed by atoms with Crippen molar-refractivity contribution in [2.45, 2.75) is 31.7 Å². The van der Waals surface area contributed by atoms with Gasteiger partial charge in [-0.2, -0.15) is 5.10 Å². The molecule has 150 valence electrons. The van der Waals surface area contributed by atoms with E-state index in [0.717, 1.165) is 6.07 Å². The van der Waals surface area contributed by atoms with Gasteiger partial charge in [0.1, 0.15) is 11.6 Å². The Labute approximate surface area is 170 Å². The minimum absolute atomic E-state index is 0.0530. The van der Waals surface area contributed by atoms with Gasteiger partial charge in [-0.3, -0.25) is 4.79 Å². The van der Waals surface area contributed by atoms with Gasteiger partial charge in [0.15, 0.2) is 0 Å². The lowest BCUT2D eigenvalue weighted by atomic mass is 9.35. The molecule has 2 aromatic rings. The molecule has 29 heavy (non-hydrogen) atoms. The second-order valence-corrected chi connectivity index (χ2v) is 8.62. The van der Waals surface area contributed by atoms with Crippen LogP contribution in [0.15, 0.2) is 35.7 Å². The third-order valence-corrected chi connectivity index (χ3v) is 6.20. The summed E-state index contributed by atoms with van der Waals surface area (Å²) in [6, 6.07) is 3.12. The van der Waals surface area contributed by atoms with E-state index in [1.54, 1.807) is 6.21 Å². The van der Waals surface area contributed by atoms with Gasteiger partial charge in [-0.15, -0.1) is 0 Å². The molecule has 0 N–H and O–H groups in total. The fourth-order valence-corrected chi connectivity index (χ4v) is 4.97. The first-order valence-electron chi connectivity index (χ1n) is 9.31. The molecule has 6 rings (SSSR count). The molecule has 1 amide bonds. The van der Waals surface area contributed by atoms with Gasteiger partial charge in [-0.25, -0.2) is 23.8 Å². The predicted molar refractivity (Wildman–Crippen MR) is 100 cm³/mol. The molecule has 0 radical (unpaired) electrons. The van der Waals surface area contributed by atoms with Crippen LogP contribution in [-0.4, -0.2) is 33.7 Å². The molecule has 2 heterocycles. The van der Waals surface area contributed by atoms with Crippen molar-refractivity contribution in [2.75, 3.05) is 6.61 Å². The second kappa shape index (κ2) is 6.45. The highest BCUT2D eigenvalue weighted by atomic mass is 35.5. The number of hydrogen-bond donors (Lipinski definition) is 0. The first-order chi connectivity index (χ1) is 13.9. The Hall–Kier alpha value is -2.61. The summed E-state index contributed by atoms with van der Waals surface area (Å²) in [6.45, 7) is 0.436. The van der Waals surface area contributed by atoms with Crippen molar-refractivity contribution in [3.8, 4) is 6.01 Å². The van der Waals surface area contributed by atoms with Gasteiger partial charge < -0.3 is 4.74 Å². The minimum atomic E-state index is -0.662. The first-order valence-corrected chi connectivity index (χ1v) is 9.68. The lowest BCUT2D eigenvalue weighted by molar-refractivity contribution is -0.227. The molecule has 1 aromatic heterocycles. The van der Waals surface area contributed by atoms with Gasteiger partial charge in [-0.05, 0) is 37.0 Å². The number of carbonyl (C=O) groups is 1. The van der Waals surface area contributed by atoms with Crippen LogP contribution in [0.5, 0.6) is 6.01 Å². The monoisotopic (exact) mass is 418 g/mol. The van der Waals surface area contributed by atoms with Gasteiger partial charge in [0, 0.05) is 24.1 Å². The lowest BCUT2D eigenvalue weighted by Crippen LogP contribution is -2.69. The third-order valence-electron chi connectivity index (χ3n) is 6.01. The largest absolute Gasteiger partial charge is 0.463 e. The van der Waals surface area contributed by atoms with E-state index in [9.17, 15) is 13.6 Å². The average Bonchev–Trinajstić information content (AvgIpc) is 3.10. The van der Waals surface area contributed by atoms with Crippen LogP contribution < -0.4 is 4.74 Å². The van der Waals surface area contributed by atoms with Crippen molar-refractivity contribution < 1.29 is 18.3 Å². The van der Waals surface area contributed by atoms with Gasteiger partial charge in [0.25, 0.3) is 0 Å². The van der Waals surface area contributed by atoms with E-state index in [0.29, 0.717) is 42.9 Å². The summed E-state index contributed by atoms with van der Waals surface area (Å²) < 4.78 is 32.9. The molecule has 9 heteroatoms. The van der Waals surface area contributed by atoms with E-state index >= 15 is 0 Å². The predicted octanol–water partition coefficient (Wildman–Crippen LogP) is 3.92. The first kappa shape index (κ1) is 18.4. The van der Waals surface area contributed by atoms with Crippen molar-refractivity contribution in [3.05, 3.63) is 52.8 Å². The molecule has 3 saturated carbocycles. The molecule has 6 nitrogen and oxygen atoms in total. The second-order valence-electron chi connectivity index (χ2n) is 8.19. The van der Waals surface area contributed by atoms with E-state index < -0.39 is 23.1 Å². The lowest BCUT2D eigenvalue weighted by Gasteiger charge is -2.69. The normalized spacial score (nSPS) is 29.3. The van der Waals surface area contributed by atoms with Crippen molar-refractivity contribution in [1.29, 1.82) is 0 Å². The summed E-state index contributed by atoms with van der Waals surface area (Å²) >= 11 is 5.76. The summed E-state index contributed by atoms with van der Waals surface area (Å²) in [6.07, 6.45) is 7.09. The van der Waals surface area contributed by atoms with Crippen LogP contribution in [0.1, 0.15) is 37.3 Å². The zero-order chi connectivity index (χ0) is 20.2. The summed E-state index contributed by atoms with van der Waals surface area (Å²) in [7, 11) is 0. The summed E-state index contributed by atoms with van der Waals surface area (Å²) in [5.74, 6) is -1.42. The van der Waals surface area contributed by atoms with Crippen LogP contribution in [-0.2, 0) is 4.79 Å². The third kappa shape index (κ3) is 3.06. The highest BCUT2D eigenvalue weighted by molar-refractivity contribution is 6.30. The molecule has 1 unspecified atom stereocenters. The zero-order valence-electron chi connectivity index (χ0n) is 15.3. The van der Waals surface area contributed by atoms with Gasteiger partial charge in [0.2, 0.25) is 5.91 Å². The maximum Gasteiger partial charge on any atom is 0.316 e. The summed E-state index contributed by atoms with van der Waals surface area (Å²) in [4.78, 5) is 21.2. The Morgan fingerprint density at radius 3 is 2.48 bits per heavy atom. The number of ether oxygens (including phenoxy) is 1. The van der Waals surface area contributed by atoms with E-state index in [1.807, 2.05) is 0 Å². The van der Waals surface area contributed by atoms with E-state index in [2.05, 4.69) is 15.1 Å². The SMILES string of the molecule is O=C(N1N=CCC1c1cc(F)cc(F)c1)C12CC(COc3ncc(Cl)cn3)(C1)C2. The van der Waals surface area contributed by atoms with E-state index in [-0.39, 0.29) is 17.3 Å². The Kier molecular flexibility index (Phi) is 4.10. The molecular formula is C20H17ClF2N4O2. The van der Waals surface area contributed by atoms with Gasteiger partial charge in [-0.1, -0.05) is 11.6 Å². The number of aromatic nitrogens is 2. The average molecular weight is 419 g/mol. The Balaban J connectivity index is 1.23. The topological polar surface area (TPSA) is 67.7 Å². The highest BCUT2D eigenvalue weighted by Gasteiger charge is 2.73. The number of benzene rings is 1. The van der Waals surface area contributed by atoms with Crippen LogP contribution in [0.3, 0.4) is 0 Å². The standard InChI is InChI=1S/C20H17ClF2N4O2/c21-13-6-24-18(25-7-13)29-11-19-8-20(9-19,10-19)17(28)27-16(1-2-26-27)12-3-14(22)5-15(23)4-12/h2-7,16H,1,8-11H2. The van der Waals surface area contributed by atoms with Crippen LogP contribution in [0.4, 0.5) is 8.78 Å². The van der Waals surface area contributed by atoms with Crippen LogP contribution >= 0.6 is 11.6 Å². The maximum absolute atomic E-state index is 13.6. The van der Waals surface area contributed by atoms with Crippen LogP contribution in [0.25, 0.3) is 0 Å². The molecular weight excluding hydrogens is 402 g/mol. The molecule has 3 aliphatic carbocycles. The molecule has 1 atom stereocenters. The Morgan fingerprint density at radius 2 is 1.83 bits per heavy atom. The minimum Gasteiger partial charge on any atom is -0.463 e. The Bertz CT molecular complexity index is 974. The highest BCUT2D eigenvalue weighted by Crippen LogP contribution is 2.74. The van der Waals surface area contributed by atoms with Crippen LogP contribution in [0.2, 0.25) is 5.02 Å². The molecule has 3 fully saturated rings. The van der Waals surface area contributed by atoms with Crippen LogP contribution in [0, 0.1) is 22.5 Å². The maximum atomic E-state index is 13.6. The fraction of sp³-hybridized carbons (Fsp3) is 0.400. The smallest absolute Gasteiger partial charge is 0.316 e. The number of rotatable bonds is 5. The summed E-state index contributed by atoms with van der Waals surface area (Å²) in [5, 5.41) is 6.03. The van der Waals surface area contributed by atoms with Crippen molar-refractivity contribution in [3.63, 3.8) is 0 Å². The summed E-state index contributed by atoms with van der Waals surface area (Å²) in [5.41, 5.74) is -0.101. The number of amides is 1. The Morgan fingerprint density at radius 1 is 1.17 bits per heavy atom. The van der Waals surface area contributed by atoms with Gasteiger partial charge >= 0.3 is 6.01 Å². The molecule has 1 aromatic carbocycles. The number of nitrogens with zero attached hydrogens (tertiary/aromatic N) is 4. The molecule has 4 aliphatic rings. The van der Waals surface area contributed by atoms with Crippen molar-refractivity contribution >= 4 is 23.7 Å². The quantitative estimate of drug-likeness (QED) is 0.738. The fourth-order valence-electron chi connectivity index (χ4n) is 4.87. The number of halogens is 3. The van der Waals surface area contributed by atoms with Crippen molar-refractivity contribution in [2.24, 2.45) is 15.9 Å². The van der Waals surface area contributed by atoms with E-state index in [4.69, 9.17) is 16.3 Å². The molecule has 1 aliphatic heterocycles. The number of carbonyl (C=O) groups excluding carboxylic acids is 1.